The van der Waals surface area contributed by atoms with Crippen LogP contribution in [0.4, 0.5) is 0 Å². The fourth-order valence-electron chi connectivity index (χ4n) is 0.863. The molecule has 16 heavy (non-hydrogen) atoms. The summed E-state index contributed by atoms with van der Waals surface area (Å²) < 4.78 is -1.07. The predicted molar refractivity (Wildman–Crippen MR) is 64.0 cm³/mol. The third-order valence-electron chi connectivity index (χ3n) is 2.02. The smallest absolute Gasteiger partial charge is 0.319 e. The molecule has 1 N–H and O–H groups in total. The van der Waals surface area contributed by atoms with E-state index in [2.05, 4.69) is 16.6 Å². The zero-order chi connectivity index (χ0) is 12.5. The van der Waals surface area contributed by atoms with E-state index in [0.29, 0.717) is 5.71 Å². The normalized spacial score (nSPS) is 16.9. The lowest BCUT2D eigenvalue weighted by Crippen LogP contribution is -2.29. The van der Waals surface area contributed by atoms with Gasteiger partial charge in [-0.1, -0.05) is 18.3 Å². The van der Waals surface area contributed by atoms with E-state index in [1.807, 2.05) is 0 Å². The molecule has 1 heterocycles. The lowest BCUT2D eigenvalue weighted by atomic mass is 10.2. The Hall–Kier alpha value is -1.43. The lowest BCUT2D eigenvalue weighted by Gasteiger charge is -2.19. The summed E-state index contributed by atoms with van der Waals surface area (Å²) >= 11 is 0.941. The Morgan fingerprint density at radius 3 is 2.44 bits per heavy atom. The Balaban J connectivity index is 2.93. The predicted octanol–water partition coefficient (Wildman–Crippen LogP) is 1.50. The molecule has 1 amide bonds. The zero-order valence-corrected chi connectivity index (χ0v) is 10.1. The Labute approximate surface area is 97.4 Å². The first kappa shape index (κ1) is 12.6. The van der Waals surface area contributed by atoms with Gasteiger partial charge in [-0.05, 0) is 20.8 Å². The molecule has 5 nitrogen and oxygen atoms in total. The highest BCUT2D eigenvalue weighted by Gasteiger charge is 2.31. The van der Waals surface area contributed by atoms with Crippen molar-refractivity contribution >= 4 is 34.5 Å². The molecule has 0 unspecified atom stereocenters. The second-order valence-corrected chi connectivity index (χ2v) is 5.38. The van der Waals surface area contributed by atoms with Crippen molar-refractivity contribution < 1.29 is 14.7 Å². The number of amidine groups is 1. The minimum absolute atomic E-state index is 0.169. The summed E-state index contributed by atoms with van der Waals surface area (Å²) in [7, 11) is 0. The van der Waals surface area contributed by atoms with Crippen molar-refractivity contribution in [3.63, 3.8) is 0 Å². The van der Waals surface area contributed by atoms with Crippen LogP contribution in [0.25, 0.3) is 0 Å². The van der Waals surface area contributed by atoms with Crippen molar-refractivity contribution in [2.75, 3.05) is 0 Å². The van der Waals surface area contributed by atoms with Crippen LogP contribution in [0.2, 0.25) is 0 Å². The highest BCUT2D eigenvalue weighted by Crippen LogP contribution is 2.28. The van der Waals surface area contributed by atoms with Crippen molar-refractivity contribution in [1.29, 1.82) is 0 Å². The summed E-state index contributed by atoms with van der Waals surface area (Å²) in [5.74, 6) is -1.44. The van der Waals surface area contributed by atoms with Gasteiger partial charge in [-0.25, -0.2) is 4.99 Å². The number of rotatable bonds is 2. The van der Waals surface area contributed by atoms with E-state index >= 15 is 0 Å². The van der Waals surface area contributed by atoms with Gasteiger partial charge in [0.15, 0.2) is 5.17 Å². The first-order valence-electron chi connectivity index (χ1n) is 4.54. The monoisotopic (exact) mass is 240 g/mol. The van der Waals surface area contributed by atoms with Gasteiger partial charge in [0, 0.05) is 0 Å². The highest BCUT2D eigenvalue weighted by molar-refractivity contribution is 8.15. The van der Waals surface area contributed by atoms with Gasteiger partial charge in [-0.3, -0.25) is 9.59 Å². The molecule has 0 atom stereocenters. The molecule has 0 spiro atoms. The minimum Gasteiger partial charge on any atom is -0.480 e. The first-order chi connectivity index (χ1) is 7.24. The van der Waals surface area contributed by atoms with E-state index in [-0.39, 0.29) is 10.7 Å². The van der Waals surface area contributed by atoms with Crippen molar-refractivity contribution in [3.8, 4) is 0 Å². The molecule has 0 radical (unpaired) electrons. The quantitative estimate of drug-likeness (QED) is 0.742. The highest BCUT2D eigenvalue weighted by atomic mass is 32.2. The number of carbonyl (C=O) groups excluding carboxylic acids is 1. The van der Waals surface area contributed by atoms with Crippen LogP contribution in [0.15, 0.2) is 22.1 Å². The van der Waals surface area contributed by atoms with Gasteiger partial charge in [-0.15, -0.1) is 0 Å². The molecule has 86 valence electrons. The average Bonchev–Trinajstić information content (AvgIpc) is 2.13. The second kappa shape index (κ2) is 4.21. The summed E-state index contributed by atoms with van der Waals surface area (Å²) in [6, 6.07) is 0. The molecule has 0 aliphatic carbocycles. The molecule has 0 aromatic heterocycles. The Kier molecular flexibility index (Phi) is 3.32. The SMILES string of the molecule is C=C1C(=O)N=C(SC(C)(C)C(=O)O)N=C1C. The number of carboxylic acid groups (broad SMARTS) is 1. The van der Waals surface area contributed by atoms with Crippen LogP contribution >= 0.6 is 11.8 Å². The summed E-state index contributed by atoms with van der Waals surface area (Å²) in [5, 5.41) is 9.10. The van der Waals surface area contributed by atoms with Crippen molar-refractivity contribution in [3.05, 3.63) is 12.2 Å². The third-order valence-corrected chi connectivity index (χ3v) is 3.07. The molecule has 0 saturated heterocycles. The van der Waals surface area contributed by atoms with Crippen LogP contribution < -0.4 is 0 Å². The molecule has 0 bridgehead atoms. The number of carbonyl (C=O) groups is 2. The number of aliphatic carboxylic acids is 1. The van der Waals surface area contributed by atoms with Crippen molar-refractivity contribution in [2.45, 2.75) is 25.5 Å². The number of aliphatic imine (C=N–C) groups is 2. The largest absolute Gasteiger partial charge is 0.480 e. The van der Waals surface area contributed by atoms with Gasteiger partial charge in [0.1, 0.15) is 4.75 Å². The Bertz CT molecular complexity index is 435. The molecule has 0 aromatic rings. The number of thioether (sulfide) groups is 1. The molecule has 0 aromatic carbocycles. The van der Waals surface area contributed by atoms with Gasteiger partial charge < -0.3 is 5.11 Å². The van der Waals surface area contributed by atoms with E-state index in [0.717, 1.165) is 11.8 Å². The molecule has 1 aliphatic rings. The fraction of sp³-hybridized carbons (Fsp3) is 0.400. The first-order valence-corrected chi connectivity index (χ1v) is 5.35. The summed E-state index contributed by atoms with van der Waals surface area (Å²) in [6.45, 7) is 8.23. The van der Waals surface area contributed by atoms with Crippen LogP contribution in [0.3, 0.4) is 0 Å². The Morgan fingerprint density at radius 2 is 2.00 bits per heavy atom. The minimum atomic E-state index is -1.07. The number of hydrogen-bond donors (Lipinski definition) is 1. The lowest BCUT2D eigenvalue weighted by molar-refractivity contribution is -0.138. The van der Waals surface area contributed by atoms with Crippen LogP contribution in [0.5, 0.6) is 0 Å². The average molecular weight is 240 g/mol. The molecule has 0 fully saturated rings. The zero-order valence-electron chi connectivity index (χ0n) is 9.27. The van der Waals surface area contributed by atoms with E-state index in [4.69, 9.17) is 5.11 Å². The van der Waals surface area contributed by atoms with Gasteiger partial charge in [0.2, 0.25) is 0 Å². The van der Waals surface area contributed by atoms with Gasteiger partial charge in [0.25, 0.3) is 5.91 Å². The van der Waals surface area contributed by atoms with Crippen LogP contribution in [0, 0.1) is 0 Å². The fourth-order valence-corrected chi connectivity index (χ4v) is 1.72. The van der Waals surface area contributed by atoms with E-state index in [1.165, 1.54) is 13.8 Å². The Morgan fingerprint density at radius 1 is 1.44 bits per heavy atom. The van der Waals surface area contributed by atoms with Gasteiger partial charge in [-0.2, -0.15) is 4.99 Å². The standard InChI is InChI=1S/C10H12N2O3S/c1-5-6(2)11-9(12-7(5)13)16-10(3,4)8(14)15/h1H2,2-4H3,(H,14,15). The molecular formula is C10H12N2O3S. The third kappa shape index (κ3) is 2.57. The van der Waals surface area contributed by atoms with Crippen LogP contribution in [-0.2, 0) is 9.59 Å². The van der Waals surface area contributed by atoms with E-state index in [1.54, 1.807) is 6.92 Å². The van der Waals surface area contributed by atoms with E-state index < -0.39 is 16.6 Å². The topological polar surface area (TPSA) is 79.1 Å². The maximum atomic E-state index is 11.3. The molecular weight excluding hydrogens is 228 g/mol. The van der Waals surface area contributed by atoms with Crippen LogP contribution in [-0.4, -0.2) is 32.6 Å². The van der Waals surface area contributed by atoms with Gasteiger partial charge in [0.05, 0.1) is 11.3 Å². The second-order valence-electron chi connectivity index (χ2n) is 3.79. The molecule has 0 saturated carbocycles. The summed E-state index contributed by atoms with van der Waals surface area (Å²) in [6.07, 6.45) is 0. The number of nitrogens with zero attached hydrogens (tertiary/aromatic N) is 2. The van der Waals surface area contributed by atoms with Crippen molar-refractivity contribution in [1.82, 2.24) is 0 Å². The number of amides is 1. The van der Waals surface area contributed by atoms with Gasteiger partial charge >= 0.3 is 5.97 Å². The maximum absolute atomic E-state index is 11.3. The molecule has 6 heteroatoms. The van der Waals surface area contributed by atoms with E-state index in [9.17, 15) is 9.59 Å². The van der Waals surface area contributed by atoms with Crippen molar-refractivity contribution in [2.24, 2.45) is 9.98 Å². The summed E-state index contributed by atoms with van der Waals surface area (Å²) in [4.78, 5) is 29.9. The molecule has 1 rings (SSSR count). The summed E-state index contributed by atoms with van der Waals surface area (Å²) in [5.41, 5.74) is 0.723. The molecule has 1 aliphatic heterocycles. The number of hydrogen-bond acceptors (Lipinski definition) is 4. The maximum Gasteiger partial charge on any atom is 0.319 e. The van der Waals surface area contributed by atoms with Crippen LogP contribution in [0.1, 0.15) is 20.8 Å². The number of carboxylic acids is 1.